The van der Waals surface area contributed by atoms with Crippen LogP contribution in [0, 0.1) is 0 Å². The van der Waals surface area contributed by atoms with Crippen LogP contribution < -0.4 is 0 Å². The highest BCUT2D eigenvalue weighted by atomic mass is 14.7. The van der Waals surface area contributed by atoms with E-state index in [9.17, 15) is 0 Å². The lowest BCUT2D eigenvalue weighted by Crippen LogP contribution is -2.15. The first kappa shape index (κ1) is 22.8. The molecule has 0 unspecified atom stereocenters. The Hall–Kier alpha value is -5.01. The lowest BCUT2D eigenvalue weighted by molar-refractivity contribution is 0.661. The van der Waals surface area contributed by atoms with E-state index < -0.39 is 0 Å². The van der Waals surface area contributed by atoms with Crippen molar-refractivity contribution in [1.29, 1.82) is 0 Å². The molecular weight excluding hydrogens is 494 g/mol. The summed E-state index contributed by atoms with van der Waals surface area (Å²) in [4.78, 5) is 4.99. The van der Waals surface area contributed by atoms with Crippen molar-refractivity contribution in [2.24, 2.45) is 0 Å². The van der Waals surface area contributed by atoms with Crippen molar-refractivity contribution >= 4 is 43.2 Å². The zero-order chi connectivity index (χ0) is 27.3. The molecule has 41 heavy (non-hydrogen) atoms. The monoisotopic (exact) mass is 521 g/mol. The zero-order valence-electron chi connectivity index (χ0n) is 23.1. The van der Waals surface area contributed by atoms with Crippen LogP contribution >= 0.6 is 0 Å². The first-order valence-corrected chi connectivity index (χ1v) is 14.4. The van der Waals surface area contributed by atoms with Gasteiger partial charge in [0.25, 0.3) is 0 Å². The summed E-state index contributed by atoms with van der Waals surface area (Å²) in [6.45, 7) is 4.73. The predicted molar refractivity (Wildman–Crippen MR) is 174 cm³/mol. The van der Waals surface area contributed by atoms with E-state index in [0.717, 1.165) is 11.2 Å². The minimum absolute atomic E-state index is 0.114. The highest BCUT2D eigenvalue weighted by molar-refractivity contribution is 6.25. The van der Waals surface area contributed by atoms with Gasteiger partial charge in [0, 0.05) is 16.4 Å². The molecule has 0 saturated carbocycles. The number of para-hydroxylation sites is 1. The van der Waals surface area contributed by atoms with Crippen molar-refractivity contribution in [1.82, 2.24) is 4.98 Å². The Labute approximate surface area is 239 Å². The van der Waals surface area contributed by atoms with E-state index in [2.05, 4.69) is 141 Å². The first-order valence-electron chi connectivity index (χ1n) is 14.4. The molecule has 0 spiro atoms. The molecule has 0 atom stereocenters. The van der Waals surface area contributed by atoms with Crippen molar-refractivity contribution in [2.45, 2.75) is 19.3 Å². The summed E-state index contributed by atoms with van der Waals surface area (Å²) in [5, 5.41) is 9.15. The smallest absolute Gasteiger partial charge is 0.0709 e. The summed E-state index contributed by atoms with van der Waals surface area (Å²) in [6.07, 6.45) is 0. The summed E-state index contributed by atoms with van der Waals surface area (Å²) in [5.41, 5.74) is 11.1. The average Bonchev–Trinajstić information content (AvgIpc) is 3.25. The molecular formula is C40H27N. The second-order valence-electron chi connectivity index (χ2n) is 12.0. The Morgan fingerprint density at radius 2 is 1.05 bits per heavy atom. The van der Waals surface area contributed by atoms with Crippen molar-refractivity contribution in [3.8, 4) is 33.5 Å². The fourth-order valence-corrected chi connectivity index (χ4v) is 7.28. The minimum Gasteiger partial charge on any atom is -0.248 e. The Kier molecular flexibility index (Phi) is 4.45. The molecule has 0 fully saturated rings. The Morgan fingerprint density at radius 1 is 0.463 bits per heavy atom. The standard InChI is InChI=1S/C40H27N/c1-40(2)34-22-28(30-17-12-27-11-10-25-7-5-8-26-13-20-33(30)39(27)38(25)26)14-18-31(34)32-19-15-29(23-35(32)40)37-21-16-24-6-3-4-9-36(24)41-37/h3-23H,1-2H3. The van der Waals surface area contributed by atoms with Crippen LogP contribution in [0.4, 0.5) is 0 Å². The molecule has 0 aliphatic heterocycles. The van der Waals surface area contributed by atoms with E-state index in [1.165, 1.54) is 76.6 Å². The van der Waals surface area contributed by atoms with Crippen molar-refractivity contribution in [2.75, 3.05) is 0 Å². The van der Waals surface area contributed by atoms with Crippen molar-refractivity contribution in [3.63, 3.8) is 0 Å². The third kappa shape index (κ3) is 3.15. The predicted octanol–water partition coefficient (Wildman–Crippen LogP) is 10.8. The normalized spacial score (nSPS) is 13.8. The van der Waals surface area contributed by atoms with Crippen LogP contribution in [0.1, 0.15) is 25.0 Å². The van der Waals surface area contributed by atoms with Crippen LogP contribution in [0.5, 0.6) is 0 Å². The molecule has 192 valence electrons. The molecule has 1 nitrogen and oxygen atoms in total. The summed E-state index contributed by atoms with van der Waals surface area (Å²) in [7, 11) is 0. The molecule has 1 heteroatoms. The fourth-order valence-electron chi connectivity index (χ4n) is 7.28. The average molecular weight is 522 g/mol. The second kappa shape index (κ2) is 8.02. The van der Waals surface area contributed by atoms with Gasteiger partial charge in [-0.3, -0.25) is 0 Å². The molecule has 8 aromatic rings. The van der Waals surface area contributed by atoms with Gasteiger partial charge in [-0.25, -0.2) is 4.98 Å². The molecule has 0 N–H and O–H groups in total. The Morgan fingerprint density at radius 3 is 1.85 bits per heavy atom. The molecule has 1 aliphatic rings. The van der Waals surface area contributed by atoms with Crippen LogP contribution in [-0.2, 0) is 5.41 Å². The maximum Gasteiger partial charge on any atom is 0.0709 e. The maximum absolute atomic E-state index is 4.99. The largest absolute Gasteiger partial charge is 0.248 e. The number of hydrogen-bond acceptors (Lipinski definition) is 1. The van der Waals surface area contributed by atoms with E-state index in [4.69, 9.17) is 4.98 Å². The van der Waals surface area contributed by atoms with Gasteiger partial charge in [0.15, 0.2) is 0 Å². The van der Waals surface area contributed by atoms with E-state index in [-0.39, 0.29) is 5.41 Å². The van der Waals surface area contributed by atoms with Gasteiger partial charge in [-0.15, -0.1) is 0 Å². The van der Waals surface area contributed by atoms with Crippen molar-refractivity contribution in [3.05, 3.63) is 139 Å². The number of hydrogen-bond donors (Lipinski definition) is 0. The molecule has 0 amide bonds. The van der Waals surface area contributed by atoms with Gasteiger partial charge in [-0.2, -0.15) is 0 Å². The number of rotatable bonds is 2. The summed E-state index contributed by atoms with van der Waals surface area (Å²) in [5.74, 6) is 0. The van der Waals surface area contributed by atoms with Gasteiger partial charge in [-0.05, 0) is 90.0 Å². The van der Waals surface area contributed by atoms with Gasteiger partial charge in [0.2, 0.25) is 0 Å². The number of fused-ring (bicyclic) bond motifs is 4. The zero-order valence-corrected chi connectivity index (χ0v) is 23.1. The quantitative estimate of drug-likeness (QED) is 0.206. The molecule has 1 heterocycles. The van der Waals surface area contributed by atoms with E-state index in [1.807, 2.05) is 0 Å². The number of aromatic nitrogens is 1. The van der Waals surface area contributed by atoms with Crippen LogP contribution in [0.2, 0.25) is 0 Å². The lowest BCUT2D eigenvalue weighted by atomic mass is 9.80. The molecule has 0 radical (unpaired) electrons. The minimum atomic E-state index is -0.114. The number of nitrogens with zero attached hydrogens (tertiary/aromatic N) is 1. The van der Waals surface area contributed by atoms with Gasteiger partial charge >= 0.3 is 0 Å². The van der Waals surface area contributed by atoms with E-state index in [0.29, 0.717) is 0 Å². The number of benzene rings is 7. The van der Waals surface area contributed by atoms with Crippen LogP contribution in [-0.4, -0.2) is 4.98 Å². The summed E-state index contributed by atoms with van der Waals surface area (Å²) in [6, 6.07) is 46.9. The molecule has 7 aromatic carbocycles. The molecule has 1 aromatic heterocycles. The van der Waals surface area contributed by atoms with Crippen LogP contribution in [0.25, 0.3) is 76.7 Å². The highest BCUT2D eigenvalue weighted by Crippen LogP contribution is 2.51. The fraction of sp³-hybridized carbons (Fsp3) is 0.0750. The van der Waals surface area contributed by atoms with Gasteiger partial charge in [-0.1, -0.05) is 117 Å². The number of pyridine rings is 1. The van der Waals surface area contributed by atoms with E-state index >= 15 is 0 Å². The third-order valence-corrected chi connectivity index (χ3v) is 9.41. The SMILES string of the molecule is CC1(C)c2cc(-c3ccc4ccccc4n3)ccc2-c2ccc(-c3ccc4ccc5cccc6ccc3c4c56)cc21. The summed E-state index contributed by atoms with van der Waals surface area (Å²) >= 11 is 0. The van der Waals surface area contributed by atoms with Crippen LogP contribution in [0.15, 0.2) is 127 Å². The second-order valence-corrected chi connectivity index (χ2v) is 12.0. The third-order valence-electron chi connectivity index (χ3n) is 9.41. The highest BCUT2D eigenvalue weighted by Gasteiger charge is 2.36. The Balaban J connectivity index is 1.19. The van der Waals surface area contributed by atoms with Gasteiger partial charge in [0.05, 0.1) is 11.2 Å². The topological polar surface area (TPSA) is 12.9 Å². The van der Waals surface area contributed by atoms with Crippen molar-refractivity contribution < 1.29 is 0 Å². The lowest BCUT2D eigenvalue weighted by Gasteiger charge is -2.23. The van der Waals surface area contributed by atoms with Gasteiger partial charge in [0.1, 0.15) is 0 Å². The molecule has 0 bridgehead atoms. The maximum atomic E-state index is 4.99. The van der Waals surface area contributed by atoms with E-state index in [1.54, 1.807) is 0 Å². The Bertz CT molecular complexity index is 2320. The van der Waals surface area contributed by atoms with Gasteiger partial charge < -0.3 is 0 Å². The molecule has 1 aliphatic carbocycles. The molecule has 0 saturated heterocycles. The first-order chi connectivity index (χ1) is 20.1. The molecule has 9 rings (SSSR count). The van der Waals surface area contributed by atoms with Crippen LogP contribution in [0.3, 0.4) is 0 Å². The summed E-state index contributed by atoms with van der Waals surface area (Å²) < 4.78 is 0.